The quantitative estimate of drug-likeness (QED) is 0.152. The van der Waals surface area contributed by atoms with Gasteiger partial charge in [-0.3, -0.25) is 0 Å². The first-order valence-corrected chi connectivity index (χ1v) is 21.3. The molecule has 0 saturated carbocycles. The number of furan rings is 1. The molecule has 63 heavy (non-hydrogen) atoms. The Morgan fingerprint density at radius 3 is 1.67 bits per heavy atom. The van der Waals surface area contributed by atoms with Crippen LogP contribution < -0.4 is 4.90 Å². The second-order valence-corrected chi connectivity index (χ2v) is 16.1. The Balaban J connectivity index is 1.13. The van der Waals surface area contributed by atoms with Gasteiger partial charge in [0.1, 0.15) is 11.2 Å². The van der Waals surface area contributed by atoms with Crippen molar-refractivity contribution in [2.45, 2.75) is 5.41 Å². The molecule has 0 radical (unpaired) electrons. The number of hydrogen-bond acceptors (Lipinski definition) is 2. The number of para-hydroxylation sites is 3. The molecule has 1 aliphatic carbocycles. The summed E-state index contributed by atoms with van der Waals surface area (Å²) in [6.45, 7) is 0. The summed E-state index contributed by atoms with van der Waals surface area (Å²) in [6.07, 6.45) is 0. The van der Waals surface area contributed by atoms with E-state index in [0.29, 0.717) is 28.1 Å². The highest BCUT2D eigenvalue weighted by atomic mass is 16.3. The molecule has 12 rings (SSSR count). The third kappa shape index (κ3) is 5.95. The van der Waals surface area contributed by atoms with Crippen molar-refractivity contribution in [1.29, 1.82) is 0 Å². The molecule has 10 aromatic carbocycles. The van der Waals surface area contributed by atoms with Crippen LogP contribution in [0.25, 0.3) is 66.4 Å². The minimum atomic E-state index is -0.715. The van der Waals surface area contributed by atoms with Crippen LogP contribution in [0.5, 0.6) is 0 Å². The fraction of sp³-hybridized carbons (Fsp3) is 0.0164. The number of nitrogens with zero attached hydrogens (tertiary/aromatic N) is 1. The van der Waals surface area contributed by atoms with Crippen LogP contribution in [-0.4, -0.2) is 0 Å². The summed E-state index contributed by atoms with van der Waals surface area (Å²) >= 11 is 0. The molecule has 0 saturated heterocycles. The maximum absolute atomic E-state index is 10.0. The summed E-state index contributed by atoms with van der Waals surface area (Å²) in [5.41, 5.74) is 13.4. The second-order valence-electron chi connectivity index (χ2n) is 16.1. The zero-order valence-corrected chi connectivity index (χ0v) is 34.2. The van der Waals surface area contributed by atoms with Crippen molar-refractivity contribution in [3.05, 3.63) is 271 Å². The third-order valence-electron chi connectivity index (χ3n) is 12.7. The highest BCUT2D eigenvalue weighted by molar-refractivity contribution is 6.09. The highest BCUT2D eigenvalue weighted by Crippen LogP contribution is 2.57. The molecule has 2 heteroatoms. The molecule has 1 aliphatic rings. The average Bonchev–Trinajstić information content (AvgIpc) is 3.92. The Morgan fingerprint density at radius 2 is 0.921 bits per heavy atom. The summed E-state index contributed by atoms with van der Waals surface area (Å²) in [4.78, 5) is 1.94. The fourth-order valence-electron chi connectivity index (χ4n) is 9.84. The summed E-state index contributed by atoms with van der Waals surface area (Å²) in [6, 6.07) is 75.9. The SMILES string of the molecule is [2H]c1c([2H])c(N(c2ccc3c(c2)C(c2ccccc2)(c2ccccc2)c2ccccc2-3)c2ccccc2-c2ccc(-c3ccccc3)cc2)c([2H])c([2H])c1-c1cccc2c1oc1ccccc12. The Hall–Kier alpha value is -8.20. The predicted octanol–water partition coefficient (Wildman–Crippen LogP) is 16.4. The zero-order valence-electron chi connectivity index (χ0n) is 38.2. The van der Waals surface area contributed by atoms with Crippen molar-refractivity contribution >= 4 is 39.0 Å². The van der Waals surface area contributed by atoms with Gasteiger partial charge >= 0.3 is 0 Å². The van der Waals surface area contributed by atoms with Gasteiger partial charge in [0.2, 0.25) is 0 Å². The Morgan fingerprint density at radius 1 is 0.365 bits per heavy atom. The van der Waals surface area contributed by atoms with Gasteiger partial charge in [-0.15, -0.1) is 0 Å². The van der Waals surface area contributed by atoms with E-state index in [9.17, 15) is 5.48 Å². The highest BCUT2D eigenvalue weighted by Gasteiger charge is 2.46. The molecule has 0 bridgehead atoms. The summed E-state index contributed by atoms with van der Waals surface area (Å²) < 4.78 is 46.0. The van der Waals surface area contributed by atoms with E-state index in [4.69, 9.17) is 4.42 Å². The lowest BCUT2D eigenvalue weighted by atomic mass is 9.67. The normalized spacial score (nSPS) is 13.5. The van der Waals surface area contributed by atoms with Gasteiger partial charge in [0.05, 0.1) is 16.6 Å². The van der Waals surface area contributed by atoms with Gasteiger partial charge in [0, 0.05) is 33.3 Å². The standard InChI is InChI=1S/C61H41NO/c1-4-17-42(18-5-1)43-31-33-44(34-32-43)50-23-11-14-29-58(50)62(48-37-35-45(36-38-48)51-26-16-27-55-54-25-12-15-30-59(54)63-60(51)55)49-39-40-53-52-24-10-13-28-56(52)61(57(53)41-49,46-19-6-2-7-20-46)47-21-8-3-9-22-47/h1-41H/i35D,36D,37D,38D. The molecule has 2 nitrogen and oxygen atoms in total. The first-order valence-electron chi connectivity index (χ1n) is 23.3. The van der Waals surface area contributed by atoms with Crippen LogP contribution in [0.15, 0.2) is 253 Å². The van der Waals surface area contributed by atoms with Crippen LogP contribution in [0.2, 0.25) is 0 Å². The van der Waals surface area contributed by atoms with Crippen molar-refractivity contribution in [3.8, 4) is 44.5 Å². The Kier molecular flexibility index (Phi) is 7.78. The zero-order chi connectivity index (χ0) is 45.2. The van der Waals surface area contributed by atoms with Crippen LogP contribution in [0, 0.1) is 0 Å². The maximum atomic E-state index is 10.0. The van der Waals surface area contributed by atoms with Crippen LogP contribution in [-0.2, 0) is 5.41 Å². The number of hydrogen-bond donors (Lipinski definition) is 0. The van der Waals surface area contributed by atoms with Crippen molar-refractivity contribution in [3.63, 3.8) is 0 Å². The lowest BCUT2D eigenvalue weighted by Crippen LogP contribution is -2.28. The van der Waals surface area contributed by atoms with Gasteiger partial charge < -0.3 is 9.32 Å². The van der Waals surface area contributed by atoms with E-state index in [-0.39, 0.29) is 35.4 Å². The van der Waals surface area contributed by atoms with Crippen LogP contribution in [0.1, 0.15) is 27.7 Å². The van der Waals surface area contributed by atoms with E-state index < -0.39 is 5.41 Å². The number of rotatable bonds is 8. The van der Waals surface area contributed by atoms with Crippen molar-refractivity contribution in [1.82, 2.24) is 0 Å². The lowest BCUT2D eigenvalue weighted by molar-refractivity contribution is 0.670. The van der Waals surface area contributed by atoms with E-state index in [0.717, 1.165) is 60.8 Å². The minimum absolute atomic E-state index is 0.143. The van der Waals surface area contributed by atoms with E-state index >= 15 is 0 Å². The summed E-state index contributed by atoms with van der Waals surface area (Å²) in [5, 5.41) is 1.77. The molecule has 0 aliphatic heterocycles. The first kappa shape index (κ1) is 32.6. The van der Waals surface area contributed by atoms with Gasteiger partial charge in [-0.25, -0.2) is 0 Å². The van der Waals surface area contributed by atoms with E-state index in [1.807, 2.05) is 95.9 Å². The van der Waals surface area contributed by atoms with E-state index in [2.05, 4.69) is 133 Å². The molecule has 0 spiro atoms. The number of fused-ring (bicyclic) bond motifs is 6. The third-order valence-corrected chi connectivity index (χ3v) is 12.7. The van der Waals surface area contributed by atoms with Crippen molar-refractivity contribution < 1.29 is 9.90 Å². The van der Waals surface area contributed by atoms with Gasteiger partial charge in [0.25, 0.3) is 0 Å². The molecular weight excluding hydrogens is 763 g/mol. The fourth-order valence-corrected chi connectivity index (χ4v) is 9.84. The monoisotopic (exact) mass is 807 g/mol. The molecule has 0 N–H and O–H groups in total. The first-order chi connectivity index (χ1) is 32.9. The molecule has 0 amide bonds. The molecule has 1 heterocycles. The van der Waals surface area contributed by atoms with Crippen LogP contribution in [0.3, 0.4) is 0 Å². The molecule has 296 valence electrons. The summed E-state index contributed by atoms with van der Waals surface area (Å²) in [5.74, 6) is 0. The average molecular weight is 808 g/mol. The molecule has 0 atom stereocenters. The van der Waals surface area contributed by atoms with Gasteiger partial charge in [-0.05, 0) is 92.0 Å². The van der Waals surface area contributed by atoms with Gasteiger partial charge in [0.15, 0.2) is 0 Å². The van der Waals surface area contributed by atoms with Gasteiger partial charge in [-0.1, -0.05) is 212 Å². The molecule has 11 aromatic rings. The topological polar surface area (TPSA) is 16.4 Å². The van der Waals surface area contributed by atoms with E-state index in [1.54, 1.807) is 0 Å². The maximum Gasteiger partial charge on any atom is 0.143 e. The van der Waals surface area contributed by atoms with Gasteiger partial charge in [-0.2, -0.15) is 0 Å². The van der Waals surface area contributed by atoms with Crippen LogP contribution in [0.4, 0.5) is 17.1 Å². The largest absolute Gasteiger partial charge is 0.455 e. The molecule has 0 fully saturated rings. The lowest BCUT2D eigenvalue weighted by Gasteiger charge is -2.35. The number of benzene rings is 10. The summed E-state index contributed by atoms with van der Waals surface area (Å²) in [7, 11) is 0. The van der Waals surface area contributed by atoms with Crippen molar-refractivity contribution in [2.24, 2.45) is 0 Å². The minimum Gasteiger partial charge on any atom is -0.455 e. The second kappa shape index (κ2) is 15.1. The smallest absolute Gasteiger partial charge is 0.143 e. The van der Waals surface area contributed by atoms with E-state index in [1.165, 1.54) is 5.56 Å². The number of anilines is 3. The predicted molar refractivity (Wildman–Crippen MR) is 262 cm³/mol. The molecular formula is C61H41NO. The Bertz CT molecular complexity index is 3610. The molecule has 1 aromatic heterocycles. The van der Waals surface area contributed by atoms with Crippen LogP contribution >= 0.6 is 0 Å². The molecule has 0 unspecified atom stereocenters. The Labute approximate surface area is 373 Å². The van der Waals surface area contributed by atoms with Crippen molar-refractivity contribution in [2.75, 3.05) is 4.90 Å².